The standard InChI is InChI=1S/C28H34BrClN4O3S/c1-2-38(36,37)27-9-8-22(30)14-21(27)18-34-19-31-26-15-20(25(29)16-24(26)28(34)35)17-32-10-12-33(13-11-32)23-6-4-3-5-7-23/h8-9,14-16,19,23H,2-7,10-13,17-18H2,1H3. The summed E-state index contributed by atoms with van der Waals surface area (Å²) >= 11 is 9.86. The summed E-state index contributed by atoms with van der Waals surface area (Å²) in [6.07, 6.45) is 8.28. The fourth-order valence-corrected chi connectivity index (χ4v) is 7.52. The summed E-state index contributed by atoms with van der Waals surface area (Å²) in [6, 6.07) is 9.27. The molecule has 0 amide bonds. The van der Waals surface area contributed by atoms with E-state index < -0.39 is 9.84 Å². The van der Waals surface area contributed by atoms with E-state index in [4.69, 9.17) is 11.6 Å². The molecule has 0 N–H and O–H groups in total. The minimum Gasteiger partial charge on any atom is -0.298 e. The van der Waals surface area contributed by atoms with E-state index in [-0.39, 0.29) is 22.8 Å². The van der Waals surface area contributed by atoms with Gasteiger partial charge in [0.25, 0.3) is 5.56 Å². The van der Waals surface area contributed by atoms with Gasteiger partial charge < -0.3 is 0 Å². The molecule has 0 bridgehead atoms. The normalized spacial score (nSPS) is 18.3. The first-order valence-corrected chi connectivity index (χ1v) is 16.2. The molecule has 3 aromatic rings. The van der Waals surface area contributed by atoms with E-state index >= 15 is 0 Å². The molecule has 2 heterocycles. The second kappa shape index (κ2) is 11.8. The molecule has 1 saturated carbocycles. The summed E-state index contributed by atoms with van der Waals surface area (Å²) in [5.41, 5.74) is 2.01. The number of piperazine rings is 1. The summed E-state index contributed by atoms with van der Waals surface area (Å²) in [5, 5.41) is 0.913. The Bertz CT molecular complexity index is 1480. The highest BCUT2D eigenvalue weighted by atomic mass is 79.9. The van der Waals surface area contributed by atoms with Crippen LogP contribution in [0.2, 0.25) is 5.02 Å². The molecule has 0 radical (unpaired) electrons. The fraction of sp³-hybridized carbons (Fsp3) is 0.500. The molecule has 204 valence electrons. The highest BCUT2D eigenvalue weighted by Gasteiger charge is 2.25. The molecule has 1 aliphatic heterocycles. The van der Waals surface area contributed by atoms with Crippen LogP contribution in [0.1, 0.15) is 50.2 Å². The smallest absolute Gasteiger partial charge is 0.261 e. The second-order valence-electron chi connectivity index (χ2n) is 10.4. The van der Waals surface area contributed by atoms with Crippen LogP contribution in [0.15, 0.2) is 50.8 Å². The van der Waals surface area contributed by atoms with Crippen LogP contribution in [0.5, 0.6) is 0 Å². The zero-order valence-corrected chi connectivity index (χ0v) is 24.9. The van der Waals surface area contributed by atoms with Crippen molar-refractivity contribution in [2.75, 3.05) is 31.9 Å². The quantitative estimate of drug-likeness (QED) is 0.365. The van der Waals surface area contributed by atoms with Crippen LogP contribution in [-0.2, 0) is 22.9 Å². The Hall–Kier alpha value is -1.78. The molecule has 0 unspecified atom stereocenters. The maximum Gasteiger partial charge on any atom is 0.261 e. The molecule has 1 saturated heterocycles. The van der Waals surface area contributed by atoms with Gasteiger partial charge in [0.05, 0.1) is 34.4 Å². The average molecular weight is 622 g/mol. The van der Waals surface area contributed by atoms with Crippen molar-refractivity contribution in [3.8, 4) is 0 Å². The maximum absolute atomic E-state index is 13.4. The lowest BCUT2D eigenvalue weighted by atomic mass is 9.94. The third-order valence-electron chi connectivity index (χ3n) is 7.96. The van der Waals surface area contributed by atoms with Crippen LogP contribution in [0.3, 0.4) is 0 Å². The summed E-state index contributed by atoms with van der Waals surface area (Å²) < 4.78 is 27.5. The Morgan fingerprint density at radius 2 is 1.74 bits per heavy atom. The number of nitrogens with zero attached hydrogens (tertiary/aromatic N) is 4. The maximum atomic E-state index is 13.4. The minimum atomic E-state index is -3.47. The zero-order chi connectivity index (χ0) is 26.9. The Morgan fingerprint density at radius 1 is 1.00 bits per heavy atom. The molecule has 1 aliphatic carbocycles. The van der Waals surface area contributed by atoms with Gasteiger partial charge in [-0.15, -0.1) is 0 Å². The van der Waals surface area contributed by atoms with Crippen molar-refractivity contribution in [1.29, 1.82) is 0 Å². The van der Waals surface area contributed by atoms with Crippen molar-refractivity contribution in [3.05, 3.63) is 67.6 Å². The monoisotopic (exact) mass is 620 g/mol. The van der Waals surface area contributed by atoms with Crippen LogP contribution in [0.4, 0.5) is 0 Å². The van der Waals surface area contributed by atoms with Gasteiger partial charge in [0, 0.05) is 48.3 Å². The molecule has 2 aromatic carbocycles. The van der Waals surface area contributed by atoms with Crippen LogP contribution in [-0.4, -0.2) is 65.7 Å². The van der Waals surface area contributed by atoms with Crippen LogP contribution in [0.25, 0.3) is 10.9 Å². The minimum absolute atomic E-state index is 0.0299. The molecule has 38 heavy (non-hydrogen) atoms. The first-order valence-electron chi connectivity index (χ1n) is 13.4. The van der Waals surface area contributed by atoms with Gasteiger partial charge >= 0.3 is 0 Å². The van der Waals surface area contributed by atoms with Crippen molar-refractivity contribution in [3.63, 3.8) is 0 Å². The fourth-order valence-electron chi connectivity index (χ4n) is 5.74. The van der Waals surface area contributed by atoms with Crippen molar-refractivity contribution >= 4 is 48.3 Å². The lowest BCUT2D eigenvalue weighted by Crippen LogP contribution is -2.50. The molecule has 7 nitrogen and oxygen atoms in total. The third-order valence-corrected chi connectivity index (χ3v) is 10.8. The van der Waals surface area contributed by atoms with Gasteiger partial charge in [0.15, 0.2) is 9.84 Å². The topological polar surface area (TPSA) is 75.5 Å². The third kappa shape index (κ3) is 6.02. The van der Waals surface area contributed by atoms with Crippen molar-refractivity contribution < 1.29 is 8.42 Å². The van der Waals surface area contributed by atoms with Gasteiger partial charge in [-0.1, -0.05) is 53.7 Å². The highest BCUT2D eigenvalue weighted by Crippen LogP contribution is 2.27. The Labute approximate surface area is 237 Å². The molecule has 0 atom stereocenters. The van der Waals surface area contributed by atoms with E-state index in [0.717, 1.165) is 48.8 Å². The van der Waals surface area contributed by atoms with E-state index in [1.54, 1.807) is 19.1 Å². The van der Waals surface area contributed by atoms with Gasteiger partial charge in [-0.05, 0) is 54.3 Å². The van der Waals surface area contributed by atoms with Crippen molar-refractivity contribution in [1.82, 2.24) is 19.4 Å². The second-order valence-corrected chi connectivity index (χ2v) is 13.9. The van der Waals surface area contributed by atoms with Gasteiger partial charge in [0.1, 0.15) is 0 Å². The van der Waals surface area contributed by atoms with Gasteiger partial charge in [-0.25, -0.2) is 13.4 Å². The largest absolute Gasteiger partial charge is 0.298 e. The number of hydrogen-bond acceptors (Lipinski definition) is 6. The van der Waals surface area contributed by atoms with Crippen LogP contribution in [0, 0.1) is 0 Å². The number of fused-ring (bicyclic) bond motifs is 1. The number of hydrogen-bond donors (Lipinski definition) is 0. The Balaban J connectivity index is 1.34. The zero-order valence-electron chi connectivity index (χ0n) is 21.7. The SMILES string of the molecule is CCS(=O)(=O)c1ccc(Cl)cc1Cn1cnc2cc(CN3CCN(C4CCCCC4)CC3)c(Br)cc2c1=O. The number of sulfone groups is 1. The highest BCUT2D eigenvalue weighted by molar-refractivity contribution is 9.10. The molecule has 1 aromatic heterocycles. The lowest BCUT2D eigenvalue weighted by Gasteiger charge is -2.40. The summed E-state index contributed by atoms with van der Waals surface area (Å²) in [6.45, 7) is 6.78. The van der Waals surface area contributed by atoms with E-state index in [1.807, 2.05) is 12.1 Å². The first kappa shape index (κ1) is 27.8. The Morgan fingerprint density at radius 3 is 2.45 bits per heavy atom. The number of aromatic nitrogens is 2. The van der Waals surface area contributed by atoms with Crippen LogP contribution < -0.4 is 5.56 Å². The molecule has 2 fully saturated rings. The Kier molecular flexibility index (Phi) is 8.60. The molecule has 2 aliphatic rings. The summed E-state index contributed by atoms with van der Waals surface area (Å²) in [4.78, 5) is 23.3. The van der Waals surface area contributed by atoms with Crippen molar-refractivity contribution in [2.45, 2.75) is 63.1 Å². The summed E-state index contributed by atoms with van der Waals surface area (Å²) in [7, 11) is -3.47. The predicted molar refractivity (Wildman–Crippen MR) is 156 cm³/mol. The summed E-state index contributed by atoms with van der Waals surface area (Å²) in [5.74, 6) is -0.0299. The van der Waals surface area contributed by atoms with Gasteiger partial charge in [-0.3, -0.25) is 19.2 Å². The first-order chi connectivity index (χ1) is 18.2. The molecular formula is C28H34BrClN4O3S. The average Bonchev–Trinajstić information content (AvgIpc) is 2.92. The van der Waals surface area contributed by atoms with Gasteiger partial charge in [0.2, 0.25) is 0 Å². The van der Waals surface area contributed by atoms with E-state index in [2.05, 4.69) is 30.7 Å². The number of rotatable bonds is 7. The van der Waals surface area contributed by atoms with Crippen LogP contribution >= 0.6 is 27.5 Å². The van der Waals surface area contributed by atoms with E-state index in [1.165, 1.54) is 49.1 Å². The molecular weight excluding hydrogens is 588 g/mol. The molecule has 10 heteroatoms. The van der Waals surface area contributed by atoms with Crippen molar-refractivity contribution in [2.24, 2.45) is 0 Å². The lowest BCUT2D eigenvalue weighted by molar-refractivity contribution is 0.0754. The number of halogens is 2. The number of benzene rings is 2. The molecule has 0 spiro atoms. The van der Waals surface area contributed by atoms with Gasteiger partial charge in [-0.2, -0.15) is 0 Å². The predicted octanol–water partition coefficient (Wildman–Crippen LogP) is 5.10. The molecule has 5 rings (SSSR count). The van der Waals surface area contributed by atoms with E-state index in [9.17, 15) is 13.2 Å². The van der Waals surface area contributed by atoms with E-state index in [0.29, 0.717) is 21.5 Å².